The van der Waals surface area contributed by atoms with E-state index in [0.29, 0.717) is 36.5 Å². The summed E-state index contributed by atoms with van der Waals surface area (Å²) in [6, 6.07) is 4.69. The molecule has 2 aliphatic heterocycles. The number of fused-ring (bicyclic) bond motifs is 1. The number of amides is 3. The molecule has 0 unspecified atom stereocenters. The number of hydrogen-bond donors (Lipinski definition) is 2. The highest BCUT2D eigenvalue weighted by molar-refractivity contribution is 5.99. The molecule has 0 saturated carbocycles. The zero-order valence-corrected chi connectivity index (χ0v) is 14.7. The van der Waals surface area contributed by atoms with Gasteiger partial charge in [0.1, 0.15) is 5.75 Å². The Balaban J connectivity index is 1.63. The Morgan fingerprint density at radius 1 is 1.36 bits per heavy atom. The predicted molar refractivity (Wildman–Crippen MR) is 92.5 cm³/mol. The summed E-state index contributed by atoms with van der Waals surface area (Å²) in [6.45, 7) is 7.38. The third-order valence-corrected chi connectivity index (χ3v) is 4.09. The smallest absolute Gasteiger partial charge is 0.262 e. The highest BCUT2D eigenvalue weighted by Crippen LogP contribution is 2.28. The second kappa shape index (κ2) is 6.38. The molecule has 7 heteroatoms. The van der Waals surface area contributed by atoms with Gasteiger partial charge in [-0.1, -0.05) is 20.8 Å². The fourth-order valence-corrected chi connectivity index (χ4v) is 3.08. The summed E-state index contributed by atoms with van der Waals surface area (Å²) < 4.78 is 5.33. The minimum Gasteiger partial charge on any atom is -0.482 e. The molecule has 0 bridgehead atoms. The molecule has 0 aromatic heterocycles. The Hall–Kier alpha value is -2.57. The van der Waals surface area contributed by atoms with Crippen LogP contribution in [0.1, 0.15) is 37.6 Å². The lowest BCUT2D eigenvalue weighted by molar-refractivity contribution is -0.128. The monoisotopic (exact) mass is 345 g/mol. The topological polar surface area (TPSA) is 87.7 Å². The van der Waals surface area contributed by atoms with Crippen molar-refractivity contribution < 1.29 is 19.1 Å². The first-order chi connectivity index (χ1) is 11.7. The molecule has 1 fully saturated rings. The summed E-state index contributed by atoms with van der Waals surface area (Å²) in [5.41, 5.74) is 1.02. The molecular formula is C18H23N3O4. The third-order valence-electron chi connectivity index (χ3n) is 4.09. The van der Waals surface area contributed by atoms with E-state index < -0.39 is 0 Å². The molecule has 2 N–H and O–H groups in total. The summed E-state index contributed by atoms with van der Waals surface area (Å²) >= 11 is 0. The number of ether oxygens (including phenoxy) is 1. The van der Waals surface area contributed by atoms with Crippen LogP contribution in [0.15, 0.2) is 18.2 Å². The van der Waals surface area contributed by atoms with E-state index >= 15 is 0 Å². The first-order valence-corrected chi connectivity index (χ1v) is 8.37. The quantitative estimate of drug-likeness (QED) is 0.867. The molecule has 0 spiro atoms. The van der Waals surface area contributed by atoms with Crippen molar-refractivity contribution >= 4 is 23.4 Å². The number of nitrogens with zero attached hydrogens (tertiary/aromatic N) is 1. The molecule has 3 amide bonds. The third kappa shape index (κ3) is 4.10. The fourth-order valence-electron chi connectivity index (χ4n) is 3.08. The molecule has 3 rings (SSSR count). The van der Waals surface area contributed by atoms with Gasteiger partial charge in [0.25, 0.3) is 11.8 Å². The number of likely N-dealkylation sites (tertiary alicyclic amines) is 1. The minimum absolute atomic E-state index is 0.0226. The summed E-state index contributed by atoms with van der Waals surface area (Å²) in [5.74, 6) is 0.0765. The number of benzene rings is 1. The molecule has 1 atom stereocenters. The number of rotatable bonds is 3. The highest BCUT2D eigenvalue weighted by atomic mass is 16.5. The van der Waals surface area contributed by atoms with Crippen LogP contribution in [0.25, 0.3) is 0 Å². The zero-order valence-electron chi connectivity index (χ0n) is 14.7. The van der Waals surface area contributed by atoms with Crippen LogP contribution in [0, 0.1) is 5.41 Å². The summed E-state index contributed by atoms with van der Waals surface area (Å²) in [7, 11) is 0. The number of hydrogen-bond acceptors (Lipinski definition) is 4. The van der Waals surface area contributed by atoms with Crippen LogP contribution in [0.5, 0.6) is 5.75 Å². The maximum Gasteiger partial charge on any atom is 0.262 e. The maximum absolute atomic E-state index is 12.5. The number of carbonyl (C=O) groups is 3. The summed E-state index contributed by atoms with van der Waals surface area (Å²) in [6.07, 6.45) is 0.319. The van der Waals surface area contributed by atoms with Gasteiger partial charge in [0.15, 0.2) is 6.61 Å². The van der Waals surface area contributed by atoms with E-state index in [1.54, 1.807) is 23.1 Å². The molecular weight excluding hydrogens is 322 g/mol. The molecule has 1 aromatic rings. The van der Waals surface area contributed by atoms with Gasteiger partial charge < -0.3 is 20.3 Å². The van der Waals surface area contributed by atoms with E-state index in [1.807, 2.05) is 0 Å². The van der Waals surface area contributed by atoms with Crippen LogP contribution < -0.4 is 15.4 Å². The summed E-state index contributed by atoms with van der Waals surface area (Å²) in [5, 5.41) is 5.60. The fraction of sp³-hybridized carbons (Fsp3) is 0.500. The Morgan fingerprint density at radius 3 is 2.84 bits per heavy atom. The van der Waals surface area contributed by atoms with Crippen LogP contribution in [0.3, 0.4) is 0 Å². The van der Waals surface area contributed by atoms with Crippen molar-refractivity contribution in [2.45, 2.75) is 33.2 Å². The van der Waals surface area contributed by atoms with Gasteiger partial charge in [-0.25, -0.2) is 0 Å². The molecule has 1 saturated heterocycles. The Morgan fingerprint density at radius 2 is 2.12 bits per heavy atom. The second-order valence-electron chi connectivity index (χ2n) is 7.76. The molecule has 0 radical (unpaired) electrons. The van der Waals surface area contributed by atoms with E-state index in [2.05, 4.69) is 31.4 Å². The van der Waals surface area contributed by atoms with Crippen molar-refractivity contribution in [2.24, 2.45) is 5.41 Å². The van der Waals surface area contributed by atoms with E-state index in [0.717, 1.165) is 0 Å². The van der Waals surface area contributed by atoms with Crippen LogP contribution in [-0.2, 0) is 9.59 Å². The normalized spacial score (nSPS) is 20.0. The van der Waals surface area contributed by atoms with E-state index in [-0.39, 0.29) is 35.8 Å². The largest absolute Gasteiger partial charge is 0.482 e. The molecule has 1 aromatic carbocycles. The van der Waals surface area contributed by atoms with Gasteiger partial charge >= 0.3 is 0 Å². The van der Waals surface area contributed by atoms with Gasteiger partial charge in [0.2, 0.25) is 5.91 Å². The Kier molecular flexibility index (Phi) is 4.41. The first-order valence-electron chi connectivity index (χ1n) is 8.37. The lowest BCUT2D eigenvalue weighted by atomic mass is 9.96. The average Bonchev–Trinajstić information content (AvgIpc) is 2.84. The minimum atomic E-state index is -0.251. The second-order valence-corrected chi connectivity index (χ2v) is 7.76. The molecule has 0 aliphatic carbocycles. The van der Waals surface area contributed by atoms with Gasteiger partial charge in [-0.3, -0.25) is 14.4 Å². The molecule has 2 heterocycles. The maximum atomic E-state index is 12.5. The lowest BCUT2D eigenvalue weighted by Gasteiger charge is -2.26. The van der Waals surface area contributed by atoms with Crippen molar-refractivity contribution in [1.29, 1.82) is 0 Å². The molecule has 7 nitrogen and oxygen atoms in total. The Bertz CT molecular complexity index is 724. The molecule has 134 valence electrons. The van der Waals surface area contributed by atoms with E-state index in [1.165, 1.54) is 0 Å². The van der Waals surface area contributed by atoms with E-state index in [9.17, 15) is 14.4 Å². The van der Waals surface area contributed by atoms with Crippen LogP contribution in [0.4, 0.5) is 5.69 Å². The first kappa shape index (κ1) is 17.3. The average molecular weight is 345 g/mol. The summed E-state index contributed by atoms with van der Waals surface area (Å²) in [4.78, 5) is 37.7. The van der Waals surface area contributed by atoms with Gasteiger partial charge in [-0.05, 0) is 23.6 Å². The van der Waals surface area contributed by atoms with Crippen LogP contribution in [0.2, 0.25) is 0 Å². The van der Waals surface area contributed by atoms with Crippen molar-refractivity contribution in [3.8, 4) is 5.75 Å². The molecule has 25 heavy (non-hydrogen) atoms. The van der Waals surface area contributed by atoms with Crippen LogP contribution in [-0.4, -0.2) is 48.4 Å². The standard InChI is InChI=1S/C18H23N3O4/c1-18(2,3)10-21-8-12(7-16(21)23)19-17(24)11-4-5-13-14(6-11)25-9-15(22)20-13/h4-6,12H,7-10H2,1-3H3,(H,19,24)(H,20,22)/t12-/m1/s1. The van der Waals surface area contributed by atoms with Gasteiger partial charge in [-0.2, -0.15) is 0 Å². The number of anilines is 1. The SMILES string of the molecule is CC(C)(C)CN1C[C@H](NC(=O)c2ccc3c(c2)OCC(=O)N3)CC1=O. The van der Waals surface area contributed by atoms with Crippen molar-refractivity contribution in [3.63, 3.8) is 0 Å². The predicted octanol–water partition coefficient (Wildman–Crippen LogP) is 1.39. The number of carbonyl (C=O) groups excluding carboxylic acids is 3. The van der Waals surface area contributed by atoms with Gasteiger partial charge in [0, 0.05) is 25.1 Å². The van der Waals surface area contributed by atoms with Gasteiger partial charge in [0.05, 0.1) is 11.7 Å². The molecule has 2 aliphatic rings. The number of nitrogens with one attached hydrogen (secondary N) is 2. The zero-order chi connectivity index (χ0) is 18.2. The van der Waals surface area contributed by atoms with Crippen LogP contribution >= 0.6 is 0 Å². The lowest BCUT2D eigenvalue weighted by Crippen LogP contribution is -2.39. The van der Waals surface area contributed by atoms with E-state index in [4.69, 9.17) is 4.74 Å². The Labute approximate surface area is 146 Å². The highest BCUT2D eigenvalue weighted by Gasteiger charge is 2.33. The van der Waals surface area contributed by atoms with Gasteiger partial charge in [-0.15, -0.1) is 0 Å². The van der Waals surface area contributed by atoms with Crippen molar-refractivity contribution in [2.75, 3.05) is 25.0 Å². The van der Waals surface area contributed by atoms with Crippen molar-refractivity contribution in [3.05, 3.63) is 23.8 Å². The van der Waals surface area contributed by atoms with Crippen molar-refractivity contribution in [1.82, 2.24) is 10.2 Å².